The van der Waals surface area contributed by atoms with Gasteiger partial charge >= 0.3 is 0 Å². The molecule has 0 fully saturated rings. The lowest BCUT2D eigenvalue weighted by molar-refractivity contribution is 0.275. The van der Waals surface area contributed by atoms with Crippen LogP contribution in [0.25, 0.3) is 0 Å². The van der Waals surface area contributed by atoms with Crippen LogP contribution in [0.15, 0.2) is 11.0 Å². The molecule has 0 atom stereocenters. The van der Waals surface area contributed by atoms with E-state index >= 15 is 0 Å². The smallest absolute Gasteiger partial charge is 0.289 e. The summed E-state index contributed by atoms with van der Waals surface area (Å²) in [5.74, 6) is -0.327. The number of aromatic nitrogens is 2. The molecule has 0 saturated heterocycles. The van der Waals surface area contributed by atoms with Gasteiger partial charge in [0.15, 0.2) is 10.8 Å². The molecule has 1 rings (SSSR count). The van der Waals surface area contributed by atoms with Gasteiger partial charge in [0.05, 0.1) is 6.20 Å². The third-order valence-electron chi connectivity index (χ3n) is 1.49. The van der Waals surface area contributed by atoms with Gasteiger partial charge in [0, 0.05) is 13.2 Å². The van der Waals surface area contributed by atoms with Gasteiger partial charge < -0.3 is 10.2 Å². The maximum absolute atomic E-state index is 11.2. The fourth-order valence-corrected chi connectivity index (χ4v) is 0.982. The Hall–Kier alpha value is -1.07. The zero-order chi connectivity index (χ0) is 9.84. The molecule has 0 saturated carbocycles. The van der Waals surface area contributed by atoms with E-state index in [9.17, 15) is 4.79 Å². The summed E-state index contributed by atoms with van der Waals surface area (Å²) in [4.78, 5) is 11.2. The van der Waals surface area contributed by atoms with E-state index in [1.54, 1.807) is 0 Å². The minimum Gasteiger partial charge on any atom is -0.505 e. The van der Waals surface area contributed by atoms with Crippen LogP contribution >= 0.6 is 11.6 Å². The van der Waals surface area contributed by atoms with Crippen LogP contribution in [0.2, 0.25) is 5.02 Å². The molecule has 1 heterocycles. The average Bonchev–Trinajstić information content (AvgIpc) is 2.13. The minimum absolute atomic E-state index is 0.0212. The highest BCUT2D eigenvalue weighted by Gasteiger charge is 2.06. The van der Waals surface area contributed by atoms with E-state index in [1.807, 2.05) is 0 Å². The molecule has 0 aromatic carbocycles. The summed E-state index contributed by atoms with van der Waals surface area (Å²) in [5.41, 5.74) is -0.546. The van der Waals surface area contributed by atoms with E-state index in [0.29, 0.717) is 6.42 Å². The first-order chi connectivity index (χ1) is 6.16. The van der Waals surface area contributed by atoms with Crippen molar-refractivity contribution in [1.82, 2.24) is 9.78 Å². The number of aromatic hydroxyl groups is 1. The van der Waals surface area contributed by atoms with Gasteiger partial charge in [-0.25, -0.2) is 4.68 Å². The highest BCUT2D eigenvalue weighted by atomic mass is 35.5. The Bertz CT molecular complexity index is 350. The fraction of sp³-hybridized carbons (Fsp3) is 0.429. The van der Waals surface area contributed by atoms with Crippen LogP contribution in [0.1, 0.15) is 6.42 Å². The number of nitrogens with zero attached hydrogens (tertiary/aromatic N) is 2. The predicted octanol–water partition coefficient (Wildman–Crippen LogP) is -0.0153. The summed E-state index contributed by atoms with van der Waals surface area (Å²) in [7, 11) is 0. The summed E-state index contributed by atoms with van der Waals surface area (Å²) in [6.07, 6.45) is 1.52. The van der Waals surface area contributed by atoms with Crippen molar-refractivity contribution in [2.45, 2.75) is 13.0 Å². The molecule has 5 nitrogen and oxygen atoms in total. The van der Waals surface area contributed by atoms with Gasteiger partial charge in [-0.15, -0.1) is 0 Å². The molecular formula is C7H9ClN2O3. The van der Waals surface area contributed by atoms with E-state index in [-0.39, 0.29) is 23.9 Å². The molecule has 1 aromatic rings. The molecule has 0 aliphatic rings. The molecule has 2 N–H and O–H groups in total. The molecule has 72 valence electrons. The first-order valence-corrected chi connectivity index (χ1v) is 4.10. The molecule has 1 aromatic heterocycles. The lowest BCUT2D eigenvalue weighted by Crippen LogP contribution is -2.23. The molecule has 0 unspecified atom stereocenters. The lowest BCUT2D eigenvalue weighted by Gasteiger charge is -2.03. The van der Waals surface area contributed by atoms with E-state index in [0.717, 1.165) is 10.9 Å². The number of aryl methyl sites for hydroxylation is 1. The molecule has 13 heavy (non-hydrogen) atoms. The van der Waals surface area contributed by atoms with Crippen LogP contribution < -0.4 is 5.56 Å². The number of hydrogen-bond acceptors (Lipinski definition) is 4. The molecule has 0 aliphatic heterocycles. The van der Waals surface area contributed by atoms with Gasteiger partial charge in [-0.2, -0.15) is 5.10 Å². The standard InChI is InChI=1S/C7H9ClN2O3/c8-6-5(12)4-9-10(7(6)13)2-1-3-11/h4,11-12H,1-3H2. The second-order valence-electron chi connectivity index (χ2n) is 2.45. The van der Waals surface area contributed by atoms with Crippen LogP contribution in [-0.2, 0) is 6.54 Å². The van der Waals surface area contributed by atoms with Crippen molar-refractivity contribution >= 4 is 11.6 Å². The van der Waals surface area contributed by atoms with Gasteiger partial charge in [0.25, 0.3) is 5.56 Å². The van der Waals surface area contributed by atoms with Crippen molar-refractivity contribution in [3.05, 3.63) is 21.6 Å². The first-order valence-electron chi connectivity index (χ1n) is 3.72. The molecule has 0 radical (unpaired) electrons. The molecule has 0 spiro atoms. The summed E-state index contributed by atoms with van der Waals surface area (Å²) in [6.45, 7) is 0.266. The summed E-state index contributed by atoms with van der Waals surface area (Å²) in [5, 5.41) is 20.9. The van der Waals surface area contributed by atoms with Crippen molar-refractivity contribution in [3.63, 3.8) is 0 Å². The van der Waals surface area contributed by atoms with Gasteiger partial charge in [0.2, 0.25) is 0 Å². The molecular weight excluding hydrogens is 196 g/mol. The fourth-order valence-electron chi connectivity index (χ4n) is 0.836. The zero-order valence-corrected chi connectivity index (χ0v) is 7.53. The first kappa shape index (κ1) is 10.0. The molecule has 0 amide bonds. The van der Waals surface area contributed by atoms with Crippen molar-refractivity contribution in [2.24, 2.45) is 0 Å². The van der Waals surface area contributed by atoms with Gasteiger partial charge in [-0.1, -0.05) is 11.6 Å². The van der Waals surface area contributed by atoms with Crippen LogP contribution in [0, 0.1) is 0 Å². The number of aliphatic hydroxyl groups is 1. The van der Waals surface area contributed by atoms with Gasteiger partial charge in [-0.3, -0.25) is 4.79 Å². The largest absolute Gasteiger partial charge is 0.505 e. The van der Waals surface area contributed by atoms with Gasteiger partial charge in [0.1, 0.15) is 0 Å². The summed E-state index contributed by atoms with van der Waals surface area (Å²) >= 11 is 5.48. The van der Waals surface area contributed by atoms with Crippen molar-refractivity contribution in [2.75, 3.05) is 6.61 Å². The Kier molecular flexibility index (Phi) is 3.27. The lowest BCUT2D eigenvalue weighted by atomic mass is 10.4. The van der Waals surface area contributed by atoms with Crippen molar-refractivity contribution in [3.8, 4) is 5.75 Å². The number of halogens is 1. The van der Waals surface area contributed by atoms with E-state index in [4.69, 9.17) is 21.8 Å². The highest BCUT2D eigenvalue weighted by molar-refractivity contribution is 6.31. The second-order valence-corrected chi connectivity index (χ2v) is 2.83. The van der Waals surface area contributed by atoms with E-state index in [1.165, 1.54) is 0 Å². The van der Waals surface area contributed by atoms with Crippen LogP contribution in [0.4, 0.5) is 0 Å². The molecule has 0 aliphatic carbocycles. The minimum atomic E-state index is -0.546. The Labute approximate surface area is 79.2 Å². The third kappa shape index (κ3) is 2.19. The number of hydrogen-bond donors (Lipinski definition) is 2. The Morgan fingerprint density at radius 2 is 2.31 bits per heavy atom. The van der Waals surface area contributed by atoms with Crippen molar-refractivity contribution in [1.29, 1.82) is 0 Å². The maximum Gasteiger partial charge on any atom is 0.289 e. The van der Waals surface area contributed by atoms with Crippen molar-refractivity contribution < 1.29 is 10.2 Å². The average molecular weight is 205 g/mol. The second kappa shape index (κ2) is 4.25. The monoisotopic (exact) mass is 204 g/mol. The Morgan fingerprint density at radius 3 is 2.92 bits per heavy atom. The van der Waals surface area contributed by atoms with Crippen LogP contribution in [0.3, 0.4) is 0 Å². The zero-order valence-electron chi connectivity index (χ0n) is 6.77. The quantitative estimate of drug-likeness (QED) is 0.726. The SMILES string of the molecule is O=c1c(Cl)c(O)cnn1CCCO. The molecule has 0 bridgehead atoms. The normalized spacial score (nSPS) is 10.3. The van der Waals surface area contributed by atoms with E-state index in [2.05, 4.69) is 5.10 Å². The molecule has 6 heteroatoms. The maximum atomic E-state index is 11.2. The Morgan fingerprint density at radius 1 is 1.62 bits per heavy atom. The third-order valence-corrected chi connectivity index (χ3v) is 1.85. The van der Waals surface area contributed by atoms with Gasteiger partial charge in [-0.05, 0) is 6.42 Å². The number of aliphatic hydroxyl groups excluding tert-OH is 1. The number of rotatable bonds is 3. The summed E-state index contributed by atoms with van der Waals surface area (Å²) in [6, 6.07) is 0. The van der Waals surface area contributed by atoms with Crippen LogP contribution in [0.5, 0.6) is 5.75 Å². The van der Waals surface area contributed by atoms with Crippen LogP contribution in [-0.4, -0.2) is 26.6 Å². The van der Waals surface area contributed by atoms with E-state index < -0.39 is 5.56 Å². The predicted molar refractivity (Wildman–Crippen MR) is 46.9 cm³/mol. The Balaban J connectivity index is 2.97. The summed E-state index contributed by atoms with van der Waals surface area (Å²) < 4.78 is 1.10. The highest BCUT2D eigenvalue weighted by Crippen LogP contribution is 2.14. The topological polar surface area (TPSA) is 75.3 Å².